The molecule has 0 radical (unpaired) electrons. The van der Waals surface area contributed by atoms with Crippen LogP contribution in [-0.4, -0.2) is 0 Å². The molecule has 0 aliphatic heterocycles. The average Bonchev–Trinajstić information content (AvgIpc) is 2.56. The maximum atomic E-state index is 2.28. The molecule has 0 nitrogen and oxygen atoms in total. The highest BCUT2D eigenvalue weighted by Gasteiger charge is 2.22. The summed E-state index contributed by atoms with van der Waals surface area (Å²) in [6, 6.07) is 28.4. The molecule has 0 amide bonds. The van der Waals surface area contributed by atoms with Crippen molar-refractivity contribution in [3.8, 4) is 11.1 Å². The first-order chi connectivity index (χ1) is 10.6. The summed E-state index contributed by atoms with van der Waals surface area (Å²) in [5.41, 5.74) is 6.55. The van der Waals surface area contributed by atoms with Gasteiger partial charge in [0.15, 0.2) is 0 Å². The quantitative estimate of drug-likeness (QED) is 0.555. The summed E-state index contributed by atoms with van der Waals surface area (Å²) in [6.45, 7) is 6.68. The summed E-state index contributed by atoms with van der Waals surface area (Å²) in [7, 11) is 0. The molecule has 3 rings (SSSR count). The number of hydrogen-bond acceptors (Lipinski definition) is 0. The Bertz CT molecular complexity index is 732. The summed E-state index contributed by atoms with van der Waals surface area (Å²) < 4.78 is 0. The van der Waals surface area contributed by atoms with Gasteiger partial charge in [0.25, 0.3) is 0 Å². The van der Waals surface area contributed by atoms with Crippen molar-refractivity contribution in [2.75, 3.05) is 0 Å². The van der Waals surface area contributed by atoms with E-state index in [4.69, 9.17) is 0 Å². The Balaban J connectivity index is 1.93. The van der Waals surface area contributed by atoms with Gasteiger partial charge in [-0.3, -0.25) is 0 Å². The van der Waals surface area contributed by atoms with Gasteiger partial charge in [0.1, 0.15) is 0 Å². The highest BCUT2D eigenvalue weighted by atomic mass is 14.3. The van der Waals surface area contributed by atoms with E-state index >= 15 is 0 Å². The van der Waals surface area contributed by atoms with E-state index in [2.05, 4.69) is 99.6 Å². The van der Waals surface area contributed by atoms with Gasteiger partial charge in [-0.2, -0.15) is 0 Å². The van der Waals surface area contributed by atoms with Gasteiger partial charge >= 0.3 is 0 Å². The average molecular weight is 286 g/mol. The lowest BCUT2D eigenvalue weighted by atomic mass is 9.78. The lowest BCUT2D eigenvalue weighted by molar-refractivity contribution is 0.641. The van der Waals surface area contributed by atoms with Gasteiger partial charge in [-0.05, 0) is 29.2 Å². The summed E-state index contributed by atoms with van der Waals surface area (Å²) in [5.74, 6) is 0. The standard InChI is InChI=1S/C22H22/c1-17-9-11-18(12-10-17)19-13-15-21(16-14-19)22(2,3)20-7-5-4-6-8-20/h4-16H,1-3H3. The molecule has 0 saturated carbocycles. The van der Waals surface area contributed by atoms with Gasteiger partial charge < -0.3 is 0 Å². The minimum absolute atomic E-state index is 0.0209. The van der Waals surface area contributed by atoms with E-state index in [1.807, 2.05) is 0 Å². The first-order valence-corrected chi connectivity index (χ1v) is 7.80. The van der Waals surface area contributed by atoms with Crippen molar-refractivity contribution in [3.05, 3.63) is 95.6 Å². The highest BCUT2D eigenvalue weighted by molar-refractivity contribution is 5.64. The second kappa shape index (κ2) is 5.81. The molecule has 22 heavy (non-hydrogen) atoms. The van der Waals surface area contributed by atoms with E-state index in [9.17, 15) is 0 Å². The van der Waals surface area contributed by atoms with Crippen LogP contribution >= 0.6 is 0 Å². The molecule has 0 N–H and O–H groups in total. The molecule has 0 heterocycles. The van der Waals surface area contributed by atoms with E-state index in [-0.39, 0.29) is 5.41 Å². The zero-order valence-corrected chi connectivity index (χ0v) is 13.5. The van der Waals surface area contributed by atoms with Gasteiger partial charge in [-0.1, -0.05) is 98.3 Å². The minimum atomic E-state index is 0.0209. The minimum Gasteiger partial charge on any atom is -0.0622 e. The molecule has 0 aliphatic rings. The monoisotopic (exact) mass is 286 g/mol. The summed E-state index contributed by atoms with van der Waals surface area (Å²) in [4.78, 5) is 0. The van der Waals surface area contributed by atoms with E-state index < -0.39 is 0 Å². The molecular formula is C22H22. The van der Waals surface area contributed by atoms with Crippen molar-refractivity contribution in [2.24, 2.45) is 0 Å². The molecule has 0 fully saturated rings. The van der Waals surface area contributed by atoms with Crippen molar-refractivity contribution < 1.29 is 0 Å². The second-order valence-corrected chi connectivity index (χ2v) is 6.43. The van der Waals surface area contributed by atoms with E-state index in [1.165, 1.54) is 27.8 Å². The Kier molecular flexibility index (Phi) is 3.85. The fourth-order valence-electron chi connectivity index (χ4n) is 2.85. The van der Waals surface area contributed by atoms with Crippen LogP contribution in [0.3, 0.4) is 0 Å². The van der Waals surface area contributed by atoms with Crippen molar-refractivity contribution in [3.63, 3.8) is 0 Å². The van der Waals surface area contributed by atoms with E-state index in [0.29, 0.717) is 0 Å². The Labute approximate surface area is 133 Å². The third-order valence-corrected chi connectivity index (χ3v) is 4.49. The molecular weight excluding hydrogens is 264 g/mol. The molecule has 3 aromatic rings. The molecule has 110 valence electrons. The third-order valence-electron chi connectivity index (χ3n) is 4.49. The van der Waals surface area contributed by atoms with Crippen LogP contribution in [0.25, 0.3) is 11.1 Å². The fourth-order valence-corrected chi connectivity index (χ4v) is 2.85. The van der Waals surface area contributed by atoms with Crippen molar-refractivity contribution >= 4 is 0 Å². The third kappa shape index (κ3) is 2.82. The Morgan fingerprint density at radius 1 is 0.545 bits per heavy atom. The highest BCUT2D eigenvalue weighted by Crippen LogP contribution is 2.32. The van der Waals surface area contributed by atoms with Gasteiger partial charge in [-0.25, -0.2) is 0 Å². The molecule has 0 atom stereocenters. The molecule has 0 bridgehead atoms. The van der Waals surface area contributed by atoms with Crippen molar-refractivity contribution in [1.82, 2.24) is 0 Å². The van der Waals surface area contributed by atoms with Gasteiger partial charge in [-0.15, -0.1) is 0 Å². The van der Waals surface area contributed by atoms with Crippen LogP contribution in [0, 0.1) is 6.92 Å². The molecule has 0 spiro atoms. The number of aryl methyl sites for hydroxylation is 1. The number of hydrogen-bond donors (Lipinski definition) is 0. The molecule has 0 aromatic heterocycles. The molecule has 3 aromatic carbocycles. The molecule has 0 unspecified atom stereocenters. The zero-order valence-electron chi connectivity index (χ0n) is 13.5. The van der Waals surface area contributed by atoms with Crippen molar-refractivity contribution in [2.45, 2.75) is 26.2 Å². The Morgan fingerprint density at radius 2 is 1.00 bits per heavy atom. The number of rotatable bonds is 3. The molecule has 0 aliphatic carbocycles. The van der Waals surface area contributed by atoms with Crippen LogP contribution in [-0.2, 0) is 5.41 Å². The second-order valence-electron chi connectivity index (χ2n) is 6.43. The summed E-state index contributed by atoms with van der Waals surface area (Å²) >= 11 is 0. The van der Waals surface area contributed by atoms with E-state index in [0.717, 1.165) is 0 Å². The van der Waals surface area contributed by atoms with Crippen LogP contribution in [0.4, 0.5) is 0 Å². The predicted octanol–water partition coefficient (Wildman–Crippen LogP) is 5.99. The smallest absolute Gasteiger partial charge is 0.0146 e. The van der Waals surface area contributed by atoms with Crippen LogP contribution in [0.1, 0.15) is 30.5 Å². The zero-order chi connectivity index (χ0) is 15.6. The van der Waals surface area contributed by atoms with Gasteiger partial charge in [0.05, 0.1) is 0 Å². The summed E-state index contributed by atoms with van der Waals surface area (Å²) in [5, 5.41) is 0. The first kappa shape index (κ1) is 14.6. The van der Waals surface area contributed by atoms with Gasteiger partial charge in [0, 0.05) is 5.41 Å². The fraction of sp³-hybridized carbons (Fsp3) is 0.182. The normalized spacial score (nSPS) is 11.4. The Hall–Kier alpha value is -2.34. The van der Waals surface area contributed by atoms with Crippen LogP contribution in [0.2, 0.25) is 0 Å². The first-order valence-electron chi connectivity index (χ1n) is 7.80. The maximum Gasteiger partial charge on any atom is 0.0146 e. The maximum absolute atomic E-state index is 2.28. The molecule has 0 heteroatoms. The topological polar surface area (TPSA) is 0 Å². The predicted molar refractivity (Wildman–Crippen MR) is 95.2 cm³/mol. The SMILES string of the molecule is Cc1ccc(-c2ccc(C(C)(C)c3ccccc3)cc2)cc1. The van der Waals surface area contributed by atoms with Gasteiger partial charge in [0.2, 0.25) is 0 Å². The lowest BCUT2D eigenvalue weighted by Crippen LogP contribution is -2.18. The van der Waals surface area contributed by atoms with Crippen LogP contribution in [0.5, 0.6) is 0 Å². The van der Waals surface area contributed by atoms with E-state index in [1.54, 1.807) is 0 Å². The Morgan fingerprint density at radius 3 is 1.55 bits per heavy atom. The van der Waals surface area contributed by atoms with Crippen LogP contribution in [0.15, 0.2) is 78.9 Å². The number of benzene rings is 3. The van der Waals surface area contributed by atoms with Crippen molar-refractivity contribution in [1.29, 1.82) is 0 Å². The lowest BCUT2D eigenvalue weighted by Gasteiger charge is -2.26. The van der Waals surface area contributed by atoms with Crippen LogP contribution < -0.4 is 0 Å². The largest absolute Gasteiger partial charge is 0.0622 e. The summed E-state index contributed by atoms with van der Waals surface area (Å²) in [6.07, 6.45) is 0. The molecule has 0 saturated heterocycles.